The summed E-state index contributed by atoms with van der Waals surface area (Å²) < 4.78 is 1.58. The second kappa shape index (κ2) is 4.24. The number of hydrogen-bond donors (Lipinski definition) is 2. The van der Waals surface area contributed by atoms with E-state index in [4.69, 9.17) is 10.8 Å². The van der Waals surface area contributed by atoms with Crippen molar-refractivity contribution >= 4 is 17.6 Å². The zero-order valence-electron chi connectivity index (χ0n) is 8.17. The van der Waals surface area contributed by atoms with Crippen molar-refractivity contribution in [1.82, 2.24) is 9.55 Å². The Hall–Kier alpha value is -1.01. The molecule has 82 valence electrons. The van der Waals surface area contributed by atoms with Crippen LogP contribution in [0.4, 0.5) is 5.82 Å². The minimum atomic E-state index is -0.314. The normalized spacial score (nSPS) is 25.7. The molecule has 0 bridgehead atoms. The number of thioether (sulfide) groups is 1. The minimum absolute atomic E-state index is 0.0859. The Morgan fingerprint density at radius 3 is 3.07 bits per heavy atom. The number of aliphatic hydroxyl groups is 1. The molecule has 0 aliphatic carbocycles. The molecule has 1 aromatic heterocycles. The molecule has 0 aromatic carbocycles. The molecule has 15 heavy (non-hydrogen) atoms. The standard InChI is InChI=1S/C9H13N3O2S/c10-7-3-4-12(9(14)11-7)8-2-1-6(5-13)15-8/h3-4,6,8,13H,1-2,5H2,(H2,10,11,14)/t6-,8-/m1/s1. The fourth-order valence-electron chi connectivity index (χ4n) is 1.67. The van der Waals surface area contributed by atoms with Gasteiger partial charge in [0.2, 0.25) is 0 Å². The minimum Gasteiger partial charge on any atom is -0.395 e. The molecule has 1 aliphatic rings. The predicted octanol–water partition coefficient (Wildman–Crippen LogP) is 0.212. The van der Waals surface area contributed by atoms with Gasteiger partial charge in [0.05, 0.1) is 12.0 Å². The van der Waals surface area contributed by atoms with Crippen LogP contribution in [0.3, 0.4) is 0 Å². The lowest BCUT2D eigenvalue weighted by Gasteiger charge is -2.12. The highest BCUT2D eigenvalue weighted by Crippen LogP contribution is 2.40. The lowest BCUT2D eigenvalue weighted by molar-refractivity contribution is 0.292. The summed E-state index contributed by atoms with van der Waals surface area (Å²) in [4.78, 5) is 15.2. The fraction of sp³-hybridized carbons (Fsp3) is 0.556. The Morgan fingerprint density at radius 1 is 1.67 bits per heavy atom. The Kier molecular flexibility index (Phi) is 2.97. The highest BCUT2D eigenvalue weighted by molar-refractivity contribution is 8.00. The van der Waals surface area contributed by atoms with E-state index in [1.807, 2.05) is 0 Å². The molecule has 1 aliphatic heterocycles. The van der Waals surface area contributed by atoms with E-state index in [2.05, 4.69) is 4.98 Å². The maximum atomic E-state index is 11.5. The summed E-state index contributed by atoms with van der Waals surface area (Å²) in [6.45, 7) is 0.165. The van der Waals surface area contributed by atoms with Crippen LogP contribution in [0, 0.1) is 0 Å². The third-order valence-corrected chi connectivity index (χ3v) is 4.00. The van der Waals surface area contributed by atoms with Crippen LogP contribution in [-0.2, 0) is 0 Å². The monoisotopic (exact) mass is 227 g/mol. The Balaban J connectivity index is 2.20. The van der Waals surface area contributed by atoms with Gasteiger partial charge in [-0.2, -0.15) is 4.98 Å². The van der Waals surface area contributed by atoms with Gasteiger partial charge in [0, 0.05) is 11.4 Å². The Bertz CT molecular complexity index is 407. The quantitative estimate of drug-likeness (QED) is 0.755. The highest BCUT2D eigenvalue weighted by Gasteiger charge is 2.26. The summed E-state index contributed by atoms with van der Waals surface area (Å²) in [5.41, 5.74) is 5.09. The Morgan fingerprint density at radius 2 is 2.47 bits per heavy atom. The average Bonchev–Trinajstić information content (AvgIpc) is 2.66. The van der Waals surface area contributed by atoms with Crippen LogP contribution in [0.1, 0.15) is 18.2 Å². The zero-order valence-corrected chi connectivity index (χ0v) is 8.98. The van der Waals surface area contributed by atoms with Gasteiger partial charge in [0.15, 0.2) is 0 Å². The van der Waals surface area contributed by atoms with E-state index in [0.717, 1.165) is 12.8 Å². The van der Waals surface area contributed by atoms with E-state index in [-0.39, 0.29) is 28.7 Å². The molecule has 1 saturated heterocycles. The summed E-state index contributed by atoms with van der Waals surface area (Å²) >= 11 is 1.62. The van der Waals surface area contributed by atoms with Gasteiger partial charge in [-0.3, -0.25) is 4.57 Å². The van der Waals surface area contributed by atoms with Crippen molar-refractivity contribution in [2.24, 2.45) is 0 Å². The third kappa shape index (κ3) is 2.15. The molecule has 1 fully saturated rings. The van der Waals surface area contributed by atoms with Crippen LogP contribution in [0.15, 0.2) is 17.1 Å². The third-order valence-electron chi connectivity index (χ3n) is 2.45. The summed E-state index contributed by atoms with van der Waals surface area (Å²) in [7, 11) is 0. The van der Waals surface area contributed by atoms with Gasteiger partial charge in [-0.15, -0.1) is 11.8 Å². The average molecular weight is 227 g/mol. The number of hydrogen-bond acceptors (Lipinski definition) is 5. The van der Waals surface area contributed by atoms with E-state index in [0.29, 0.717) is 0 Å². The number of aromatic nitrogens is 2. The van der Waals surface area contributed by atoms with Crippen LogP contribution >= 0.6 is 11.8 Å². The first-order valence-corrected chi connectivity index (χ1v) is 5.76. The molecular weight excluding hydrogens is 214 g/mol. The van der Waals surface area contributed by atoms with Crippen LogP contribution < -0.4 is 11.4 Å². The van der Waals surface area contributed by atoms with Crippen molar-refractivity contribution in [2.45, 2.75) is 23.5 Å². The van der Waals surface area contributed by atoms with Gasteiger partial charge >= 0.3 is 5.69 Å². The second-order valence-electron chi connectivity index (χ2n) is 3.51. The summed E-state index contributed by atoms with van der Waals surface area (Å²) in [5.74, 6) is 0.248. The first-order valence-electron chi connectivity index (χ1n) is 4.81. The molecule has 0 unspecified atom stereocenters. The molecule has 1 aromatic rings. The van der Waals surface area contributed by atoms with Crippen LogP contribution in [0.5, 0.6) is 0 Å². The summed E-state index contributed by atoms with van der Waals surface area (Å²) in [6.07, 6.45) is 3.49. The van der Waals surface area contributed by atoms with Crippen molar-refractivity contribution in [3.05, 3.63) is 22.7 Å². The largest absolute Gasteiger partial charge is 0.395 e. The molecule has 0 spiro atoms. The number of aliphatic hydroxyl groups excluding tert-OH is 1. The maximum absolute atomic E-state index is 11.5. The van der Waals surface area contributed by atoms with Gasteiger partial charge in [-0.1, -0.05) is 0 Å². The van der Waals surface area contributed by atoms with Crippen LogP contribution in [-0.4, -0.2) is 26.5 Å². The number of nitrogens with two attached hydrogens (primary N) is 1. The number of nitrogens with zero attached hydrogens (tertiary/aromatic N) is 2. The molecule has 0 saturated carbocycles. The van der Waals surface area contributed by atoms with E-state index in [9.17, 15) is 4.79 Å². The number of anilines is 1. The molecule has 6 heteroatoms. The first-order chi connectivity index (χ1) is 7.20. The van der Waals surface area contributed by atoms with Crippen LogP contribution in [0.25, 0.3) is 0 Å². The molecule has 3 N–H and O–H groups in total. The number of nitrogen functional groups attached to an aromatic ring is 1. The van der Waals surface area contributed by atoms with Crippen molar-refractivity contribution in [3.8, 4) is 0 Å². The van der Waals surface area contributed by atoms with Crippen molar-refractivity contribution in [1.29, 1.82) is 0 Å². The van der Waals surface area contributed by atoms with E-state index < -0.39 is 0 Å². The topological polar surface area (TPSA) is 81.1 Å². The molecule has 2 heterocycles. The van der Waals surface area contributed by atoms with E-state index in [1.165, 1.54) is 0 Å². The van der Waals surface area contributed by atoms with Crippen molar-refractivity contribution in [3.63, 3.8) is 0 Å². The van der Waals surface area contributed by atoms with Crippen molar-refractivity contribution in [2.75, 3.05) is 12.3 Å². The lowest BCUT2D eigenvalue weighted by atomic mass is 10.2. The highest BCUT2D eigenvalue weighted by atomic mass is 32.2. The lowest BCUT2D eigenvalue weighted by Crippen LogP contribution is -2.24. The second-order valence-corrected chi connectivity index (χ2v) is 5.00. The Labute approximate surface area is 91.3 Å². The fourth-order valence-corrected chi connectivity index (χ4v) is 3.04. The molecular formula is C9H13N3O2S. The SMILES string of the molecule is Nc1ccn([C@H]2CC[C@H](CO)S2)c(=O)n1. The molecule has 2 atom stereocenters. The predicted molar refractivity (Wildman–Crippen MR) is 59.6 cm³/mol. The smallest absolute Gasteiger partial charge is 0.350 e. The number of rotatable bonds is 2. The first kappa shape index (κ1) is 10.5. The van der Waals surface area contributed by atoms with Gasteiger partial charge < -0.3 is 10.8 Å². The molecule has 0 amide bonds. The molecule has 0 radical (unpaired) electrons. The maximum Gasteiger partial charge on any atom is 0.350 e. The van der Waals surface area contributed by atoms with Crippen LogP contribution in [0.2, 0.25) is 0 Å². The van der Waals surface area contributed by atoms with Gasteiger partial charge in [0.1, 0.15) is 5.82 Å². The zero-order chi connectivity index (χ0) is 10.8. The van der Waals surface area contributed by atoms with Gasteiger partial charge in [-0.25, -0.2) is 4.79 Å². The van der Waals surface area contributed by atoms with Gasteiger partial charge in [0.25, 0.3) is 0 Å². The summed E-state index contributed by atoms with van der Waals surface area (Å²) in [6, 6.07) is 1.62. The van der Waals surface area contributed by atoms with Gasteiger partial charge in [-0.05, 0) is 18.9 Å². The van der Waals surface area contributed by atoms with E-state index in [1.54, 1.807) is 28.6 Å². The molecule has 5 nitrogen and oxygen atoms in total. The van der Waals surface area contributed by atoms with Crippen molar-refractivity contribution < 1.29 is 5.11 Å². The van der Waals surface area contributed by atoms with E-state index >= 15 is 0 Å². The summed E-state index contributed by atoms with van der Waals surface area (Å²) in [5, 5.41) is 9.32. The molecule has 2 rings (SSSR count).